The van der Waals surface area contributed by atoms with Crippen LogP contribution in [-0.2, 0) is 0 Å². The van der Waals surface area contributed by atoms with E-state index in [0.717, 1.165) is 5.56 Å². The lowest BCUT2D eigenvalue weighted by Crippen LogP contribution is -2.35. The van der Waals surface area contributed by atoms with E-state index in [4.69, 9.17) is 11.6 Å². The van der Waals surface area contributed by atoms with Crippen molar-refractivity contribution < 1.29 is 13.6 Å². The second-order valence-corrected chi connectivity index (χ2v) is 9.58. The summed E-state index contributed by atoms with van der Waals surface area (Å²) in [6, 6.07) is 9.57. The monoisotopic (exact) mass is 513 g/mol. The molecule has 1 unspecified atom stereocenters. The number of H-pyrrole nitrogens is 1. The number of rotatable bonds is 7. The second-order valence-electron chi connectivity index (χ2n) is 9.18. The van der Waals surface area contributed by atoms with Gasteiger partial charge in [0.25, 0.3) is 11.5 Å². The van der Waals surface area contributed by atoms with Gasteiger partial charge in [-0.2, -0.15) is 0 Å². The maximum absolute atomic E-state index is 13.6. The Morgan fingerprint density at radius 2 is 1.86 bits per heavy atom. The van der Waals surface area contributed by atoms with Crippen LogP contribution in [-0.4, -0.2) is 46.0 Å². The molecular formula is C26H26ClF2N5O2. The summed E-state index contributed by atoms with van der Waals surface area (Å²) in [5, 5.41) is 7.39. The molecule has 2 heterocycles. The van der Waals surface area contributed by atoms with Gasteiger partial charge in [-0.25, -0.2) is 13.3 Å². The molecule has 7 nitrogen and oxygen atoms in total. The number of nitrogens with zero attached hydrogens (tertiary/aromatic N) is 3. The van der Waals surface area contributed by atoms with E-state index in [1.165, 1.54) is 41.0 Å². The van der Waals surface area contributed by atoms with Gasteiger partial charge in [0.2, 0.25) is 0 Å². The highest BCUT2D eigenvalue weighted by atomic mass is 35.5. The summed E-state index contributed by atoms with van der Waals surface area (Å²) in [6.45, 7) is 4.25. The fraction of sp³-hybridized carbons (Fsp3) is 0.269. The first-order chi connectivity index (χ1) is 17.0. The quantitative estimate of drug-likeness (QED) is 0.373. The van der Waals surface area contributed by atoms with E-state index in [1.807, 2.05) is 32.8 Å². The number of halogens is 3. The molecule has 1 atom stereocenters. The van der Waals surface area contributed by atoms with Gasteiger partial charge >= 0.3 is 0 Å². The lowest BCUT2D eigenvalue weighted by molar-refractivity contribution is 0.0928. The lowest BCUT2D eigenvalue weighted by atomic mass is 9.99. The van der Waals surface area contributed by atoms with Gasteiger partial charge in [0, 0.05) is 23.9 Å². The van der Waals surface area contributed by atoms with Gasteiger partial charge < -0.3 is 15.2 Å². The van der Waals surface area contributed by atoms with Gasteiger partial charge in [-0.05, 0) is 55.9 Å². The molecule has 0 fully saturated rings. The zero-order chi connectivity index (χ0) is 26.1. The summed E-state index contributed by atoms with van der Waals surface area (Å²) < 4.78 is 28.4. The minimum atomic E-state index is -0.584. The number of aromatic amines is 1. The topological polar surface area (TPSA) is 82.5 Å². The molecule has 2 aromatic heterocycles. The van der Waals surface area contributed by atoms with E-state index in [2.05, 4.69) is 15.4 Å². The van der Waals surface area contributed by atoms with Crippen molar-refractivity contribution in [2.75, 3.05) is 20.6 Å². The Morgan fingerprint density at radius 1 is 1.17 bits per heavy atom. The van der Waals surface area contributed by atoms with E-state index in [-0.39, 0.29) is 34.0 Å². The number of aromatic nitrogens is 3. The van der Waals surface area contributed by atoms with Crippen LogP contribution in [0.1, 0.15) is 47.3 Å². The maximum atomic E-state index is 13.6. The summed E-state index contributed by atoms with van der Waals surface area (Å²) in [4.78, 5) is 31.2. The minimum Gasteiger partial charge on any atom is -0.344 e. The van der Waals surface area contributed by atoms with Gasteiger partial charge in [0.05, 0.1) is 16.6 Å². The van der Waals surface area contributed by atoms with Crippen molar-refractivity contribution in [2.24, 2.45) is 0 Å². The van der Waals surface area contributed by atoms with E-state index >= 15 is 0 Å². The summed E-state index contributed by atoms with van der Waals surface area (Å²) in [5.41, 5.74) is 1.84. The Bertz CT molecular complexity index is 1480. The number of carbonyl (C=O) groups is 1. The lowest BCUT2D eigenvalue weighted by Gasteiger charge is -2.23. The summed E-state index contributed by atoms with van der Waals surface area (Å²) in [6.07, 6.45) is 1.52. The van der Waals surface area contributed by atoms with Crippen molar-refractivity contribution in [2.45, 2.75) is 25.8 Å². The van der Waals surface area contributed by atoms with Crippen molar-refractivity contribution in [3.63, 3.8) is 0 Å². The normalized spacial score (nSPS) is 12.5. The molecule has 0 aliphatic carbocycles. The van der Waals surface area contributed by atoms with E-state index in [1.54, 1.807) is 12.1 Å². The number of hydrogen-bond donors (Lipinski definition) is 2. The molecule has 36 heavy (non-hydrogen) atoms. The van der Waals surface area contributed by atoms with E-state index in [0.29, 0.717) is 23.2 Å². The Kier molecular flexibility index (Phi) is 7.23. The average molecular weight is 514 g/mol. The van der Waals surface area contributed by atoms with Crippen LogP contribution in [0.4, 0.5) is 8.78 Å². The SMILES string of the molecule is CC(C)c1c(C(=O)NC(CN(C)C)c2ccc(F)cc2)cn2nc(-c3ccc(F)c(Cl)c3)[nH]c(=O)c12. The summed E-state index contributed by atoms with van der Waals surface area (Å²) >= 11 is 5.90. The van der Waals surface area contributed by atoms with Crippen molar-refractivity contribution in [3.8, 4) is 11.4 Å². The molecule has 0 saturated carbocycles. The molecular weight excluding hydrogens is 488 g/mol. The molecule has 0 aliphatic heterocycles. The van der Waals surface area contributed by atoms with Crippen molar-refractivity contribution in [3.05, 3.63) is 92.4 Å². The maximum Gasteiger partial charge on any atom is 0.275 e. The Hall–Kier alpha value is -3.56. The first-order valence-electron chi connectivity index (χ1n) is 11.4. The van der Waals surface area contributed by atoms with Crippen molar-refractivity contribution >= 4 is 23.0 Å². The highest BCUT2D eigenvalue weighted by molar-refractivity contribution is 6.31. The van der Waals surface area contributed by atoms with Gasteiger partial charge in [0.15, 0.2) is 5.82 Å². The Morgan fingerprint density at radius 3 is 2.47 bits per heavy atom. The summed E-state index contributed by atoms with van der Waals surface area (Å²) in [7, 11) is 3.75. The number of amides is 1. The molecule has 2 N–H and O–H groups in total. The van der Waals surface area contributed by atoms with Crippen LogP contribution in [0.2, 0.25) is 5.02 Å². The van der Waals surface area contributed by atoms with E-state index < -0.39 is 17.4 Å². The predicted octanol–water partition coefficient (Wildman–Crippen LogP) is 4.78. The van der Waals surface area contributed by atoms with Crippen molar-refractivity contribution in [1.29, 1.82) is 0 Å². The number of likely N-dealkylation sites (N-methyl/N-ethyl adjacent to an activating group) is 1. The summed E-state index contributed by atoms with van der Waals surface area (Å²) in [5.74, 6) is -1.31. The van der Waals surface area contributed by atoms with Gasteiger partial charge in [-0.15, -0.1) is 5.10 Å². The largest absolute Gasteiger partial charge is 0.344 e. The fourth-order valence-electron chi connectivity index (χ4n) is 4.18. The van der Waals surface area contributed by atoms with Crippen molar-refractivity contribution in [1.82, 2.24) is 24.8 Å². The number of hydrogen-bond acceptors (Lipinski definition) is 4. The molecule has 4 aromatic rings. The second kappa shape index (κ2) is 10.2. The van der Waals surface area contributed by atoms with Crippen LogP contribution in [0.15, 0.2) is 53.5 Å². The Labute approximate surface area is 211 Å². The third-order valence-corrected chi connectivity index (χ3v) is 6.11. The van der Waals surface area contributed by atoms with Crippen LogP contribution < -0.4 is 10.9 Å². The van der Waals surface area contributed by atoms with Crippen LogP contribution in [0.5, 0.6) is 0 Å². The molecule has 0 radical (unpaired) electrons. The zero-order valence-electron chi connectivity index (χ0n) is 20.3. The highest BCUT2D eigenvalue weighted by Crippen LogP contribution is 2.27. The van der Waals surface area contributed by atoms with Crippen LogP contribution in [0.3, 0.4) is 0 Å². The van der Waals surface area contributed by atoms with Gasteiger partial charge in [-0.1, -0.05) is 37.6 Å². The smallest absolute Gasteiger partial charge is 0.275 e. The molecule has 0 saturated heterocycles. The van der Waals surface area contributed by atoms with Gasteiger partial charge in [-0.3, -0.25) is 9.59 Å². The van der Waals surface area contributed by atoms with Crippen LogP contribution in [0.25, 0.3) is 16.9 Å². The van der Waals surface area contributed by atoms with Gasteiger partial charge in [0.1, 0.15) is 17.2 Å². The molecule has 0 aliphatic rings. The van der Waals surface area contributed by atoms with Crippen LogP contribution in [0, 0.1) is 11.6 Å². The standard InChI is InChI=1S/C26H26ClF2N5O2/c1-14(2)22-18(25(35)30-21(13-33(3)4)15-5-8-17(28)9-6-15)12-34-23(22)26(36)31-24(32-34)16-7-10-20(29)19(27)11-16/h5-12,14,21H,13H2,1-4H3,(H,30,35)(H,31,32,36). The third kappa shape index (κ3) is 5.17. The third-order valence-electron chi connectivity index (χ3n) is 5.82. The molecule has 188 valence electrons. The molecule has 2 aromatic carbocycles. The van der Waals surface area contributed by atoms with Crippen LogP contribution >= 0.6 is 11.6 Å². The molecule has 10 heteroatoms. The molecule has 4 rings (SSSR count). The number of benzene rings is 2. The number of nitrogens with one attached hydrogen (secondary N) is 2. The van der Waals surface area contributed by atoms with E-state index in [9.17, 15) is 18.4 Å². The first kappa shape index (κ1) is 25.5. The molecule has 0 spiro atoms. The predicted molar refractivity (Wildman–Crippen MR) is 135 cm³/mol. The number of fused-ring (bicyclic) bond motifs is 1. The molecule has 1 amide bonds. The fourth-order valence-corrected chi connectivity index (χ4v) is 4.36. The zero-order valence-corrected chi connectivity index (χ0v) is 21.0. The minimum absolute atomic E-state index is 0.0987. The molecule has 0 bridgehead atoms. The average Bonchev–Trinajstić information content (AvgIpc) is 3.21. The highest BCUT2D eigenvalue weighted by Gasteiger charge is 2.25. The Balaban J connectivity index is 1.77. The first-order valence-corrected chi connectivity index (χ1v) is 11.7. The number of carbonyl (C=O) groups excluding carboxylic acids is 1.